The minimum Gasteiger partial charge on any atom is -0.341 e. The maximum Gasteiger partial charge on any atom is 0.244 e. The van der Waals surface area contributed by atoms with E-state index < -0.39 is 0 Å². The average molecular weight is 355 g/mol. The van der Waals surface area contributed by atoms with Gasteiger partial charge in [0.15, 0.2) is 0 Å². The van der Waals surface area contributed by atoms with E-state index >= 15 is 0 Å². The van der Waals surface area contributed by atoms with Gasteiger partial charge in [-0.3, -0.25) is 14.7 Å². The molecule has 2 saturated heterocycles. The Hall–Kier alpha value is -2.28. The third-order valence-corrected chi connectivity index (χ3v) is 5.38. The summed E-state index contributed by atoms with van der Waals surface area (Å²) in [5.41, 5.74) is 1.02. The van der Waals surface area contributed by atoms with Crippen LogP contribution in [0.15, 0.2) is 29.0 Å². The molecule has 26 heavy (non-hydrogen) atoms. The molecule has 138 valence electrons. The lowest BCUT2D eigenvalue weighted by Gasteiger charge is -2.48. The quantitative estimate of drug-likeness (QED) is 0.838. The lowest BCUT2D eigenvalue weighted by atomic mass is 9.77. The summed E-state index contributed by atoms with van der Waals surface area (Å²) in [6, 6.07) is 3.89. The normalized spacial score (nSPS) is 22.2. The zero-order valence-electron chi connectivity index (χ0n) is 15.6. The van der Waals surface area contributed by atoms with Crippen LogP contribution < -0.4 is 0 Å². The maximum absolute atomic E-state index is 12.2. The molecule has 1 amide bonds. The molecule has 1 atom stereocenters. The van der Waals surface area contributed by atoms with E-state index in [1.807, 2.05) is 17.0 Å². The number of hydrogen-bond donors (Lipinski definition) is 0. The summed E-state index contributed by atoms with van der Waals surface area (Å²) < 4.78 is 5.55. The smallest absolute Gasteiger partial charge is 0.244 e. The van der Waals surface area contributed by atoms with E-state index in [0.29, 0.717) is 24.1 Å². The van der Waals surface area contributed by atoms with E-state index in [-0.39, 0.29) is 17.4 Å². The molecule has 1 spiro atoms. The van der Waals surface area contributed by atoms with Gasteiger partial charge in [0.2, 0.25) is 17.6 Å². The fraction of sp³-hybridized carbons (Fsp3) is 0.579. The van der Waals surface area contributed by atoms with Gasteiger partial charge in [0.25, 0.3) is 0 Å². The van der Waals surface area contributed by atoms with Crippen LogP contribution in [0.3, 0.4) is 0 Å². The van der Waals surface area contributed by atoms with Gasteiger partial charge in [-0.25, -0.2) is 0 Å². The molecule has 0 N–H and O–H groups in total. The Bertz CT molecular complexity index is 782. The van der Waals surface area contributed by atoms with Crippen molar-refractivity contribution in [3.05, 3.63) is 30.4 Å². The number of rotatable bonds is 4. The molecule has 4 heterocycles. The largest absolute Gasteiger partial charge is 0.341 e. The molecular weight excluding hydrogens is 330 g/mol. The topological polar surface area (TPSA) is 75.4 Å². The number of aromatic nitrogens is 3. The Morgan fingerprint density at radius 1 is 1.38 bits per heavy atom. The van der Waals surface area contributed by atoms with Gasteiger partial charge in [0.1, 0.15) is 0 Å². The fourth-order valence-electron chi connectivity index (χ4n) is 4.18. The number of pyridine rings is 1. The van der Waals surface area contributed by atoms with Gasteiger partial charge < -0.3 is 9.42 Å². The number of likely N-dealkylation sites (tertiary alicyclic amines) is 2. The van der Waals surface area contributed by atoms with E-state index in [2.05, 4.69) is 40.9 Å². The summed E-state index contributed by atoms with van der Waals surface area (Å²) in [5, 5.41) is 4.12. The zero-order valence-corrected chi connectivity index (χ0v) is 15.6. The summed E-state index contributed by atoms with van der Waals surface area (Å²) in [4.78, 5) is 25.2. The van der Waals surface area contributed by atoms with Gasteiger partial charge in [0.05, 0.1) is 6.04 Å². The van der Waals surface area contributed by atoms with Crippen molar-refractivity contribution in [1.29, 1.82) is 0 Å². The second-order valence-electron chi connectivity index (χ2n) is 8.18. The van der Waals surface area contributed by atoms with Crippen molar-refractivity contribution in [2.24, 2.45) is 11.3 Å². The molecular formula is C19H25N5O2. The molecule has 2 aliphatic rings. The third-order valence-electron chi connectivity index (χ3n) is 5.38. The Kier molecular flexibility index (Phi) is 4.26. The Morgan fingerprint density at radius 2 is 2.19 bits per heavy atom. The highest BCUT2D eigenvalue weighted by Gasteiger charge is 2.53. The number of carbonyl (C=O) groups is 1. The maximum atomic E-state index is 12.2. The molecule has 0 aromatic carbocycles. The van der Waals surface area contributed by atoms with E-state index in [9.17, 15) is 4.79 Å². The van der Waals surface area contributed by atoms with E-state index in [4.69, 9.17) is 4.52 Å². The van der Waals surface area contributed by atoms with Gasteiger partial charge in [-0.1, -0.05) is 19.0 Å². The molecule has 0 aliphatic carbocycles. The molecule has 7 heteroatoms. The second-order valence-corrected chi connectivity index (χ2v) is 8.18. The molecule has 0 saturated carbocycles. The molecule has 4 rings (SSSR count). The van der Waals surface area contributed by atoms with Crippen LogP contribution in [0.5, 0.6) is 0 Å². The lowest BCUT2D eigenvalue weighted by Crippen LogP contribution is -2.59. The van der Waals surface area contributed by atoms with Crippen LogP contribution in [0.4, 0.5) is 0 Å². The number of amides is 1. The molecule has 0 bridgehead atoms. The molecule has 2 aromatic heterocycles. The van der Waals surface area contributed by atoms with Crippen molar-refractivity contribution in [1.82, 2.24) is 24.9 Å². The molecule has 2 aromatic rings. The third kappa shape index (κ3) is 3.11. The van der Waals surface area contributed by atoms with Crippen molar-refractivity contribution < 1.29 is 9.32 Å². The summed E-state index contributed by atoms with van der Waals surface area (Å²) in [6.07, 6.45) is 5.04. The predicted octanol–water partition coefficient (Wildman–Crippen LogP) is 2.38. The van der Waals surface area contributed by atoms with E-state index in [1.165, 1.54) is 0 Å². The molecule has 0 radical (unpaired) electrons. The number of hydrogen-bond acceptors (Lipinski definition) is 6. The van der Waals surface area contributed by atoms with Gasteiger partial charge in [-0.05, 0) is 31.5 Å². The Morgan fingerprint density at radius 3 is 2.88 bits per heavy atom. The lowest BCUT2D eigenvalue weighted by molar-refractivity contribution is -0.143. The van der Waals surface area contributed by atoms with Gasteiger partial charge in [-0.2, -0.15) is 4.98 Å². The number of nitrogens with zero attached hydrogens (tertiary/aromatic N) is 5. The summed E-state index contributed by atoms with van der Waals surface area (Å²) in [7, 11) is 2.09. The first-order chi connectivity index (χ1) is 12.5. The Balaban J connectivity index is 1.43. The van der Waals surface area contributed by atoms with Crippen LogP contribution in [0.2, 0.25) is 0 Å². The second kappa shape index (κ2) is 6.46. The predicted molar refractivity (Wildman–Crippen MR) is 96.0 cm³/mol. The SMILES string of the molecule is CC(C)CC(=O)N1CC2(CC(c3nc(-c4cccnc4)no3)N(C)C2)C1. The fourth-order valence-corrected chi connectivity index (χ4v) is 4.18. The van der Waals surface area contributed by atoms with Crippen LogP contribution in [0.1, 0.15) is 38.6 Å². The highest BCUT2D eigenvalue weighted by atomic mass is 16.5. The first-order valence-electron chi connectivity index (χ1n) is 9.18. The van der Waals surface area contributed by atoms with Crippen molar-refractivity contribution in [2.45, 2.75) is 32.7 Å². The van der Waals surface area contributed by atoms with Crippen molar-refractivity contribution in [2.75, 3.05) is 26.7 Å². The molecule has 7 nitrogen and oxygen atoms in total. The van der Waals surface area contributed by atoms with Gasteiger partial charge >= 0.3 is 0 Å². The highest BCUT2D eigenvalue weighted by Crippen LogP contribution is 2.47. The van der Waals surface area contributed by atoms with Crippen molar-refractivity contribution in [3.8, 4) is 11.4 Å². The van der Waals surface area contributed by atoms with Crippen LogP contribution in [-0.2, 0) is 4.79 Å². The molecule has 2 fully saturated rings. The molecule has 2 aliphatic heterocycles. The number of carbonyl (C=O) groups excluding carboxylic acids is 1. The van der Waals surface area contributed by atoms with Crippen LogP contribution in [0, 0.1) is 11.3 Å². The van der Waals surface area contributed by atoms with Crippen LogP contribution >= 0.6 is 0 Å². The van der Waals surface area contributed by atoms with Gasteiger partial charge in [0, 0.05) is 49.4 Å². The van der Waals surface area contributed by atoms with E-state index in [1.54, 1.807) is 12.4 Å². The zero-order chi connectivity index (χ0) is 18.3. The van der Waals surface area contributed by atoms with Gasteiger partial charge in [-0.15, -0.1) is 0 Å². The highest BCUT2D eigenvalue weighted by molar-refractivity contribution is 5.77. The van der Waals surface area contributed by atoms with Crippen molar-refractivity contribution in [3.63, 3.8) is 0 Å². The summed E-state index contributed by atoms with van der Waals surface area (Å²) in [5.74, 6) is 1.90. The first kappa shape index (κ1) is 17.1. The molecule has 1 unspecified atom stereocenters. The average Bonchev–Trinajstić information content (AvgIpc) is 3.18. The summed E-state index contributed by atoms with van der Waals surface area (Å²) >= 11 is 0. The Labute approximate surface area is 153 Å². The standard InChI is InChI=1S/C19H25N5O2/c1-13(2)7-16(25)24-11-19(12-24)8-15(23(3)10-19)18-21-17(22-26-18)14-5-4-6-20-9-14/h4-6,9,13,15H,7-8,10-12H2,1-3H3. The first-order valence-corrected chi connectivity index (χ1v) is 9.18. The van der Waals surface area contributed by atoms with Crippen LogP contribution in [0.25, 0.3) is 11.4 Å². The summed E-state index contributed by atoms with van der Waals surface area (Å²) in [6.45, 7) is 6.80. The van der Waals surface area contributed by atoms with Crippen molar-refractivity contribution >= 4 is 5.91 Å². The minimum atomic E-state index is 0.107. The monoisotopic (exact) mass is 355 g/mol. The minimum absolute atomic E-state index is 0.107. The van der Waals surface area contributed by atoms with Crippen LogP contribution in [-0.4, -0.2) is 57.5 Å². The van der Waals surface area contributed by atoms with E-state index in [0.717, 1.165) is 31.6 Å².